The first-order valence-electron chi connectivity index (χ1n) is 7.76. The molecule has 0 aliphatic heterocycles. The number of rotatable bonds is 2. The third kappa shape index (κ3) is 1.84. The van der Waals surface area contributed by atoms with Crippen LogP contribution in [0.25, 0.3) is 0 Å². The van der Waals surface area contributed by atoms with Crippen molar-refractivity contribution in [3.05, 3.63) is 23.3 Å². The van der Waals surface area contributed by atoms with Crippen molar-refractivity contribution < 1.29 is 20.1 Å². The first-order chi connectivity index (χ1) is 9.97. The third-order valence-corrected chi connectivity index (χ3v) is 5.95. The fourth-order valence-electron chi connectivity index (χ4n) is 5.61. The molecular weight excluding hydrogens is 268 g/mol. The second-order valence-electron chi connectivity index (χ2n) is 7.39. The topological polar surface area (TPSA) is 77.8 Å². The second kappa shape index (κ2) is 4.15. The van der Waals surface area contributed by atoms with E-state index >= 15 is 0 Å². The van der Waals surface area contributed by atoms with Gasteiger partial charge in [0.05, 0.1) is 0 Å². The Kier molecular flexibility index (Phi) is 2.57. The number of phenolic OH excluding ortho intramolecular Hbond substituents is 1. The lowest BCUT2D eigenvalue weighted by Gasteiger charge is -2.57. The summed E-state index contributed by atoms with van der Waals surface area (Å²) in [6.45, 7) is 0. The van der Waals surface area contributed by atoms with E-state index in [9.17, 15) is 20.1 Å². The van der Waals surface area contributed by atoms with Gasteiger partial charge < -0.3 is 15.3 Å². The lowest BCUT2D eigenvalue weighted by molar-refractivity contribution is -0.00618. The van der Waals surface area contributed by atoms with Gasteiger partial charge >= 0.3 is 5.97 Å². The van der Waals surface area contributed by atoms with E-state index < -0.39 is 5.97 Å². The highest BCUT2D eigenvalue weighted by Crippen LogP contribution is 2.62. The Hall–Kier alpha value is -1.71. The quantitative estimate of drug-likeness (QED) is 0.780. The van der Waals surface area contributed by atoms with Crippen molar-refractivity contribution in [3.8, 4) is 11.5 Å². The number of aromatic carboxylic acids is 1. The van der Waals surface area contributed by atoms with E-state index in [2.05, 4.69) is 0 Å². The molecule has 4 aliphatic carbocycles. The molecule has 0 heterocycles. The molecule has 4 bridgehead atoms. The van der Waals surface area contributed by atoms with Gasteiger partial charge in [0.2, 0.25) is 0 Å². The van der Waals surface area contributed by atoms with Crippen LogP contribution in [-0.2, 0) is 5.41 Å². The zero-order chi connectivity index (χ0) is 14.8. The van der Waals surface area contributed by atoms with Gasteiger partial charge in [-0.05, 0) is 67.8 Å². The van der Waals surface area contributed by atoms with Crippen LogP contribution in [0.4, 0.5) is 0 Å². The molecule has 5 rings (SSSR count). The van der Waals surface area contributed by atoms with Crippen molar-refractivity contribution in [3.63, 3.8) is 0 Å². The number of carboxylic acid groups (broad SMARTS) is 1. The highest BCUT2D eigenvalue weighted by Gasteiger charge is 2.52. The van der Waals surface area contributed by atoms with Gasteiger partial charge in [-0.3, -0.25) is 0 Å². The number of benzene rings is 1. The Morgan fingerprint density at radius 3 is 1.95 bits per heavy atom. The molecular formula is C17H20O4. The summed E-state index contributed by atoms with van der Waals surface area (Å²) in [6.07, 6.45) is 7.04. The maximum Gasteiger partial charge on any atom is 0.339 e. The molecule has 3 N–H and O–H groups in total. The minimum absolute atomic E-state index is 0.0550. The smallest absolute Gasteiger partial charge is 0.339 e. The Labute approximate surface area is 123 Å². The summed E-state index contributed by atoms with van der Waals surface area (Å²) in [4.78, 5) is 11.3. The van der Waals surface area contributed by atoms with Crippen molar-refractivity contribution in [2.75, 3.05) is 0 Å². The van der Waals surface area contributed by atoms with E-state index in [1.54, 1.807) is 0 Å². The van der Waals surface area contributed by atoms with Gasteiger partial charge in [-0.1, -0.05) is 0 Å². The van der Waals surface area contributed by atoms with Crippen LogP contribution < -0.4 is 0 Å². The van der Waals surface area contributed by atoms with E-state index in [0.29, 0.717) is 0 Å². The third-order valence-electron chi connectivity index (χ3n) is 5.95. The Morgan fingerprint density at radius 2 is 1.48 bits per heavy atom. The molecule has 0 saturated heterocycles. The molecule has 0 atom stereocenters. The molecule has 4 saturated carbocycles. The fraction of sp³-hybridized carbons (Fsp3) is 0.588. The molecule has 4 fully saturated rings. The first kappa shape index (κ1) is 13.0. The average molecular weight is 288 g/mol. The minimum Gasteiger partial charge on any atom is -0.508 e. The molecule has 0 aromatic heterocycles. The predicted octanol–water partition coefficient (Wildman–Crippen LogP) is 3.26. The maximum atomic E-state index is 11.3. The van der Waals surface area contributed by atoms with Crippen LogP contribution in [0.3, 0.4) is 0 Å². The number of hydrogen-bond acceptors (Lipinski definition) is 3. The number of hydrogen-bond donors (Lipinski definition) is 3. The van der Waals surface area contributed by atoms with E-state index in [1.165, 1.54) is 31.4 Å². The predicted molar refractivity (Wildman–Crippen MR) is 76.6 cm³/mol. The summed E-state index contributed by atoms with van der Waals surface area (Å²) < 4.78 is 0. The van der Waals surface area contributed by atoms with Crippen LogP contribution >= 0.6 is 0 Å². The average Bonchev–Trinajstić information content (AvgIpc) is 2.35. The zero-order valence-corrected chi connectivity index (χ0v) is 11.9. The molecule has 0 unspecified atom stereocenters. The van der Waals surface area contributed by atoms with Gasteiger partial charge in [0.25, 0.3) is 0 Å². The summed E-state index contributed by atoms with van der Waals surface area (Å²) in [5.41, 5.74) is 0.576. The summed E-state index contributed by atoms with van der Waals surface area (Å²) in [5, 5.41) is 29.3. The molecule has 0 spiro atoms. The molecule has 112 valence electrons. The van der Waals surface area contributed by atoms with Crippen LogP contribution in [0.15, 0.2) is 12.1 Å². The van der Waals surface area contributed by atoms with Gasteiger partial charge in [-0.25, -0.2) is 4.79 Å². The number of phenols is 2. The highest BCUT2D eigenvalue weighted by molar-refractivity contribution is 5.91. The number of aromatic hydroxyl groups is 2. The Balaban J connectivity index is 1.83. The number of carbonyl (C=O) groups is 1. The van der Waals surface area contributed by atoms with Crippen LogP contribution in [0, 0.1) is 17.8 Å². The van der Waals surface area contributed by atoms with Gasteiger partial charge in [0, 0.05) is 11.6 Å². The summed E-state index contributed by atoms with van der Waals surface area (Å²) in [7, 11) is 0. The van der Waals surface area contributed by atoms with Crippen LogP contribution in [-0.4, -0.2) is 21.3 Å². The van der Waals surface area contributed by atoms with Crippen molar-refractivity contribution in [2.45, 2.75) is 43.9 Å². The molecule has 4 heteroatoms. The van der Waals surface area contributed by atoms with E-state index in [0.717, 1.165) is 42.6 Å². The van der Waals surface area contributed by atoms with E-state index in [-0.39, 0.29) is 22.5 Å². The van der Waals surface area contributed by atoms with Crippen molar-refractivity contribution >= 4 is 5.97 Å². The first-order valence-corrected chi connectivity index (χ1v) is 7.76. The number of carboxylic acids is 1. The summed E-state index contributed by atoms with van der Waals surface area (Å²) in [5.74, 6) is 0.722. The SMILES string of the molecule is O=C(O)c1cc(C23CC4CC(CC(C4)C2)C3)c(O)cc1O. The monoisotopic (exact) mass is 288 g/mol. The molecule has 1 aromatic carbocycles. The van der Waals surface area contributed by atoms with Gasteiger partial charge in [-0.2, -0.15) is 0 Å². The zero-order valence-electron chi connectivity index (χ0n) is 11.9. The van der Waals surface area contributed by atoms with Crippen molar-refractivity contribution in [1.29, 1.82) is 0 Å². The molecule has 21 heavy (non-hydrogen) atoms. The standard InChI is InChI=1S/C17H20O4/c18-14-5-15(19)13(4-12(14)16(20)21)17-6-9-1-10(7-17)3-11(2-9)8-17/h4-5,9-11,18-19H,1-3,6-8H2,(H,20,21). The van der Waals surface area contributed by atoms with E-state index in [4.69, 9.17) is 0 Å². The van der Waals surface area contributed by atoms with Gasteiger partial charge in [0.15, 0.2) is 0 Å². The Morgan fingerprint density at radius 1 is 0.952 bits per heavy atom. The summed E-state index contributed by atoms with van der Waals surface area (Å²) in [6, 6.07) is 2.72. The molecule has 1 aromatic rings. The van der Waals surface area contributed by atoms with Crippen LogP contribution in [0.2, 0.25) is 0 Å². The largest absolute Gasteiger partial charge is 0.508 e. The van der Waals surface area contributed by atoms with Crippen molar-refractivity contribution in [2.24, 2.45) is 17.8 Å². The van der Waals surface area contributed by atoms with Crippen LogP contribution in [0.1, 0.15) is 54.4 Å². The van der Waals surface area contributed by atoms with Gasteiger partial charge in [0.1, 0.15) is 17.1 Å². The second-order valence-corrected chi connectivity index (χ2v) is 7.39. The van der Waals surface area contributed by atoms with E-state index in [1.807, 2.05) is 0 Å². The molecule has 4 aliphatic rings. The van der Waals surface area contributed by atoms with Crippen LogP contribution in [0.5, 0.6) is 11.5 Å². The Bertz CT molecular complexity index is 584. The molecule has 4 nitrogen and oxygen atoms in total. The van der Waals surface area contributed by atoms with Gasteiger partial charge in [-0.15, -0.1) is 0 Å². The normalized spacial score (nSPS) is 36.9. The van der Waals surface area contributed by atoms with Crippen molar-refractivity contribution in [1.82, 2.24) is 0 Å². The lowest BCUT2D eigenvalue weighted by atomic mass is 9.48. The minimum atomic E-state index is -1.14. The molecule has 0 radical (unpaired) electrons. The lowest BCUT2D eigenvalue weighted by Crippen LogP contribution is -2.48. The fourth-order valence-corrected chi connectivity index (χ4v) is 5.61. The molecule has 0 amide bonds. The highest BCUT2D eigenvalue weighted by atomic mass is 16.4. The summed E-state index contributed by atoms with van der Waals surface area (Å²) >= 11 is 0. The maximum absolute atomic E-state index is 11.3.